The van der Waals surface area contributed by atoms with Crippen molar-refractivity contribution in [3.63, 3.8) is 0 Å². The molecule has 0 heterocycles. The van der Waals surface area contributed by atoms with E-state index in [9.17, 15) is 10.1 Å². The van der Waals surface area contributed by atoms with Gasteiger partial charge in [-0.3, -0.25) is 10.1 Å². The van der Waals surface area contributed by atoms with Crippen LogP contribution >= 0.6 is 23.2 Å². The number of hydrogen-bond acceptors (Lipinski definition) is 3. The Kier molecular flexibility index (Phi) is 4.45. The Morgan fingerprint density at radius 3 is 2.74 bits per heavy atom. The first kappa shape index (κ1) is 14.3. The minimum absolute atomic E-state index is 0.227. The van der Waals surface area contributed by atoms with E-state index in [4.69, 9.17) is 28.9 Å². The van der Waals surface area contributed by atoms with Crippen LogP contribution < -0.4 is 5.73 Å². The van der Waals surface area contributed by atoms with Crippen LogP contribution in [0.25, 0.3) is 0 Å². The molecule has 0 unspecified atom stereocenters. The second-order valence-electron chi connectivity index (χ2n) is 4.63. The fourth-order valence-corrected chi connectivity index (χ4v) is 3.02. The molecule has 0 bridgehead atoms. The molecular formula is C13H14Cl2N2O2. The lowest BCUT2D eigenvalue weighted by atomic mass is 9.80. The summed E-state index contributed by atoms with van der Waals surface area (Å²) in [5.41, 5.74) is 7.28. The first-order valence-corrected chi connectivity index (χ1v) is 6.75. The average Bonchev–Trinajstić information content (AvgIpc) is 2.38. The van der Waals surface area contributed by atoms with Crippen molar-refractivity contribution < 1.29 is 4.92 Å². The van der Waals surface area contributed by atoms with Crippen LogP contribution in [0.5, 0.6) is 0 Å². The van der Waals surface area contributed by atoms with Crippen molar-refractivity contribution in [1.29, 1.82) is 0 Å². The standard InChI is InChI=1S/C13H14Cl2N2O2/c14-9-2-4-10(12(15)6-9)11-3-1-8(7-16)5-13(11)17(18)19/h1-2,4,6,11,13H,3,5,7,16H2/t11-,13+/m1/s1. The maximum Gasteiger partial charge on any atom is 0.223 e. The van der Waals surface area contributed by atoms with Crippen molar-refractivity contribution in [2.45, 2.75) is 24.8 Å². The maximum atomic E-state index is 11.2. The summed E-state index contributed by atoms with van der Waals surface area (Å²) in [4.78, 5) is 11.0. The molecule has 1 aliphatic carbocycles. The smallest absolute Gasteiger partial charge is 0.223 e. The zero-order valence-corrected chi connectivity index (χ0v) is 11.7. The van der Waals surface area contributed by atoms with E-state index in [1.54, 1.807) is 18.2 Å². The molecule has 2 N–H and O–H groups in total. The average molecular weight is 301 g/mol. The minimum Gasteiger partial charge on any atom is -0.327 e. The Morgan fingerprint density at radius 2 is 2.16 bits per heavy atom. The van der Waals surface area contributed by atoms with Crippen molar-refractivity contribution in [1.82, 2.24) is 0 Å². The van der Waals surface area contributed by atoms with Gasteiger partial charge < -0.3 is 5.73 Å². The van der Waals surface area contributed by atoms with Crippen LogP contribution in [0, 0.1) is 10.1 Å². The van der Waals surface area contributed by atoms with Gasteiger partial charge in [0, 0.05) is 27.9 Å². The van der Waals surface area contributed by atoms with Crippen LogP contribution in [-0.4, -0.2) is 17.5 Å². The Hall–Kier alpha value is -1.10. The number of allylic oxidation sites excluding steroid dienone is 1. The third-order valence-electron chi connectivity index (χ3n) is 3.49. The lowest BCUT2D eigenvalue weighted by molar-refractivity contribution is -0.527. The van der Waals surface area contributed by atoms with Crippen LogP contribution in [0.3, 0.4) is 0 Å². The van der Waals surface area contributed by atoms with Crippen LogP contribution in [0.2, 0.25) is 10.0 Å². The lowest BCUT2D eigenvalue weighted by Gasteiger charge is -2.26. The van der Waals surface area contributed by atoms with Crippen molar-refractivity contribution in [2.24, 2.45) is 5.73 Å². The molecule has 4 nitrogen and oxygen atoms in total. The van der Waals surface area contributed by atoms with Crippen LogP contribution in [0.4, 0.5) is 0 Å². The highest BCUT2D eigenvalue weighted by atomic mass is 35.5. The molecule has 0 radical (unpaired) electrons. The summed E-state index contributed by atoms with van der Waals surface area (Å²) in [6.45, 7) is 0.366. The van der Waals surface area contributed by atoms with Crippen LogP contribution in [0.15, 0.2) is 29.8 Å². The molecule has 1 aliphatic rings. The van der Waals surface area contributed by atoms with Gasteiger partial charge in [-0.1, -0.05) is 40.9 Å². The maximum absolute atomic E-state index is 11.2. The summed E-state index contributed by atoms with van der Waals surface area (Å²) in [6, 6.07) is 4.43. The van der Waals surface area contributed by atoms with Gasteiger partial charge in [0.25, 0.3) is 0 Å². The Bertz CT molecular complexity index is 531. The van der Waals surface area contributed by atoms with Gasteiger partial charge in [0.05, 0.1) is 5.92 Å². The van der Waals surface area contributed by atoms with E-state index in [-0.39, 0.29) is 10.8 Å². The molecule has 1 aromatic carbocycles. The molecule has 0 spiro atoms. The highest BCUT2D eigenvalue weighted by Gasteiger charge is 2.36. The molecule has 1 aromatic rings. The summed E-state index contributed by atoms with van der Waals surface area (Å²) in [5, 5.41) is 12.3. The Morgan fingerprint density at radius 1 is 1.42 bits per heavy atom. The highest BCUT2D eigenvalue weighted by molar-refractivity contribution is 6.35. The molecule has 0 amide bonds. The lowest BCUT2D eigenvalue weighted by Crippen LogP contribution is -2.32. The minimum atomic E-state index is -0.678. The summed E-state index contributed by atoms with van der Waals surface area (Å²) in [5.74, 6) is -0.227. The number of hydrogen-bond donors (Lipinski definition) is 1. The van der Waals surface area contributed by atoms with Crippen LogP contribution in [0.1, 0.15) is 24.3 Å². The molecule has 102 valence electrons. The Balaban J connectivity index is 2.36. The van der Waals surface area contributed by atoms with Crippen molar-refractivity contribution in [2.75, 3.05) is 6.54 Å². The van der Waals surface area contributed by atoms with Gasteiger partial charge in [0.2, 0.25) is 6.04 Å². The van der Waals surface area contributed by atoms with E-state index in [2.05, 4.69) is 0 Å². The van der Waals surface area contributed by atoms with E-state index >= 15 is 0 Å². The molecule has 6 heteroatoms. The number of rotatable bonds is 3. The van der Waals surface area contributed by atoms with Crippen molar-refractivity contribution in [3.8, 4) is 0 Å². The number of nitro groups is 1. The predicted octanol–water partition coefficient (Wildman–Crippen LogP) is 3.40. The summed E-state index contributed by atoms with van der Waals surface area (Å²) in [6.07, 6.45) is 2.95. The second kappa shape index (κ2) is 5.90. The number of benzene rings is 1. The van der Waals surface area contributed by atoms with E-state index in [0.29, 0.717) is 29.4 Å². The van der Waals surface area contributed by atoms with Gasteiger partial charge in [-0.15, -0.1) is 0 Å². The molecule has 0 fully saturated rings. The number of halogens is 2. The summed E-state index contributed by atoms with van der Waals surface area (Å²) in [7, 11) is 0. The highest BCUT2D eigenvalue weighted by Crippen LogP contribution is 2.38. The molecular weight excluding hydrogens is 287 g/mol. The third-order valence-corrected chi connectivity index (χ3v) is 4.05. The van der Waals surface area contributed by atoms with Crippen molar-refractivity contribution in [3.05, 3.63) is 55.6 Å². The summed E-state index contributed by atoms with van der Waals surface area (Å²) < 4.78 is 0. The molecule has 0 saturated carbocycles. The monoisotopic (exact) mass is 300 g/mol. The van der Waals surface area contributed by atoms with Gasteiger partial charge >= 0.3 is 0 Å². The number of nitrogens with zero attached hydrogens (tertiary/aromatic N) is 1. The molecule has 0 aromatic heterocycles. The van der Waals surface area contributed by atoms with Gasteiger partial charge in [-0.05, 0) is 24.1 Å². The zero-order chi connectivity index (χ0) is 14.0. The van der Waals surface area contributed by atoms with Gasteiger partial charge in [-0.2, -0.15) is 0 Å². The molecule has 0 aliphatic heterocycles. The second-order valence-corrected chi connectivity index (χ2v) is 5.47. The van der Waals surface area contributed by atoms with Crippen molar-refractivity contribution >= 4 is 23.2 Å². The van der Waals surface area contributed by atoms with Gasteiger partial charge in [0.15, 0.2) is 0 Å². The topological polar surface area (TPSA) is 69.2 Å². The van der Waals surface area contributed by atoms with Gasteiger partial charge in [-0.25, -0.2) is 0 Å². The fourth-order valence-electron chi connectivity index (χ4n) is 2.47. The van der Waals surface area contributed by atoms with E-state index in [1.807, 2.05) is 6.08 Å². The van der Waals surface area contributed by atoms with Crippen LogP contribution in [-0.2, 0) is 0 Å². The molecule has 0 saturated heterocycles. The first-order valence-electron chi connectivity index (χ1n) is 5.99. The zero-order valence-electron chi connectivity index (χ0n) is 10.2. The first-order chi connectivity index (χ1) is 9.02. The molecule has 19 heavy (non-hydrogen) atoms. The molecule has 2 rings (SSSR count). The van der Waals surface area contributed by atoms with Gasteiger partial charge in [0.1, 0.15) is 0 Å². The van der Waals surface area contributed by atoms with E-state index in [1.165, 1.54) is 0 Å². The summed E-state index contributed by atoms with van der Waals surface area (Å²) >= 11 is 12.0. The molecule has 2 atom stereocenters. The van der Waals surface area contributed by atoms with E-state index < -0.39 is 6.04 Å². The normalized spacial score (nSPS) is 23.0. The number of nitrogens with two attached hydrogens (primary N) is 1. The largest absolute Gasteiger partial charge is 0.327 e. The SMILES string of the molecule is NCC1=CC[C@H](c2ccc(Cl)cc2Cl)[C@@H]([N+](=O)[O-])C1. The Labute approximate surface area is 121 Å². The predicted molar refractivity (Wildman–Crippen MR) is 76.4 cm³/mol. The fraction of sp³-hybridized carbons (Fsp3) is 0.385. The quantitative estimate of drug-likeness (QED) is 0.528. The third kappa shape index (κ3) is 3.08. The van der Waals surface area contributed by atoms with E-state index in [0.717, 1.165) is 11.1 Å².